The van der Waals surface area contributed by atoms with Crippen molar-refractivity contribution >= 4 is 0 Å². The summed E-state index contributed by atoms with van der Waals surface area (Å²) in [5.41, 5.74) is -0.337. The molecule has 1 saturated carbocycles. The molecule has 2 aliphatic heterocycles. The smallest absolute Gasteiger partial charge is 0.146 e. The molecule has 3 aliphatic rings. The standard InChI is InChI=1S/C8H12O3/c9-4-7(5-10-7)8-3-1-2-6(8)11-8/h6,9H,1-5H2. The van der Waals surface area contributed by atoms with Gasteiger partial charge in [0.2, 0.25) is 0 Å². The topological polar surface area (TPSA) is 45.3 Å². The van der Waals surface area contributed by atoms with Gasteiger partial charge >= 0.3 is 0 Å². The molecule has 2 heterocycles. The first-order valence-electron chi connectivity index (χ1n) is 4.26. The summed E-state index contributed by atoms with van der Waals surface area (Å²) in [4.78, 5) is 0. The second kappa shape index (κ2) is 1.63. The predicted molar refractivity (Wildman–Crippen MR) is 37.2 cm³/mol. The summed E-state index contributed by atoms with van der Waals surface area (Å²) >= 11 is 0. The lowest BCUT2D eigenvalue weighted by Crippen LogP contribution is -2.37. The fourth-order valence-corrected chi connectivity index (χ4v) is 2.47. The van der Waals surface area contributed by atoms with Crippen LogP contribution in [0, 0.1) is 0 Å². The van der Waals surface area contributed by atoms with Gasteiger partial charge in [0, 0.05) is 0 Å². The normalized spacial score (nSPS) is 59.2. The summed E-state index contributed by atoms with van der Waals surface area (Å²) in [6.45, 7) is 0.823. The van der Waals surface area contributed by atoms with Crippen LogP contribution in [0.1, 0.15) is 19.3 Å². The van der Waals surface area contributed by atoms with E-state index in [9.17, 15) is 0 Å². The van der Waals surface area contributed by atoms with Crippen LogP contribution >= 0.6 is 0 Å². The number of aliphatic hydroxyl groups excluding tert-OH is 1. The minimum atomic E-state index is -0.284. The predicted octanol–water partition coefficient (Wildman–Crippen LogP) is 0.0692. The largest absolute Gasteiger partial charge is 0.393 e. The molecular formula is C8H12O3. The third-order valence-corrected chi connectivity index (χ3v) is 3.35. The van der Waals surface area contributed by atoms with Crippen molar-refractivity contribution in [2.45, 2.75) is 36.6 Å². The van der Waals surface area contributed by atoms with E-state index in [4.69, 9.17) is 14.6 Å². The Morgan fingerprint density at radius 2 is 2.36 bits per heavy atom. The highest BCUT2D eigenvalue weighted by Crippen LogP contribution is 2.61. The highest BCUT2D eigenvalue weighted by Gasteiger charge is 2.76. The van der Waals surface area contributed by atoms with Crippen LogP contribution in [-0.2, 0) is 9.47 Å². The second-order valence-electron chi connectivity index (χ2n) is 3.83. The van der Waals surface area contributed by atoms with Crippen LogP contribution in [0.25, 0.3) is 0 Å². The van der Waals surface area contributed by atoms with Crippen molar-refractivity contribution < 1.29 is 14.6 Å². The lowest BCUT2D eigenvalue weighted by Gasteiger charge is -2.14. The summed E-state index contributed by atoms with van der Waals surface area (Å²) in [6.07, 6.45) is 3.87. The molecule has 3 fully saturated rings. The van der Waals surface area contributed by atoms with Crippen molar-refractivity contribution in [3.05, 3.63) is 0 Å². The Hall–Kier alpha value is -0.120. The summed E-state index contributed by atoms with van der Waals surface area (Å²) in [5, 5.41) is 9.10. The molecule has 0 amide bonds. The van der Waals surface area contributed by atoms with Gasteiger partial charge in [-0.15, -0.1) is 0 Å². The summed E-state index contributed by atoms with van der Waals surface area (Å²) in [6, 6.07) is 0. The van der Waals surface area contributed by atoms with Crippen molar-refractivity contribution in [1.29, 1.82) is 0 Å². The van der Waals surface area contributed by atoms with Crippen LogP contribution in [-0.4, -0.2) is 35.6 Å². The van der Waals surface area contributed by atoms with E-state index in [-0.39, 0.29) is 17.8 Å². The van der Waals surface area contributed by atoms with Gasteiger partial charge in [-0.25, -0.2) is 0 Å². The molecule has 1 N–H and O–H groups in total. The molecule has 3 rings (SSSR count). The number of fused-ring (bicyclic) bond motifs is 1. The first kappa shape index (κ1) is 6.40. The number of epoxide rings is 2. The number of hydrogen-bond donors (Lipinski definition) is 1. The molecule has 3 heteroatoms. The number of hydrogen-bond acceptors (Lipinski definition) is 3. The lowest BCUT2D eigenvalue weighted by atomic mass is 9.91. The SMILES string of the molecule is OCC1(C23CCCC2O3)CO1. The minimum absolute atomic E-state index is 0.0538. The molecule has 2 saturated heterocycles. The van der Waals surface area contributed by atoms with Crippen LogP contribution < -0.4 is 0 Å². The molecule has 0 radical (unpaired) electrons. The maximum Gasteiger partial charge on any atom is 0.146 e. The van der Waals surface area contributed by atoms with Gasteiger partial charge < -0.3 is 14.6 Å². The van der Waals surface area contributed by atoms with E-state index in [2.05, 4.69) is 0 Å². The molecule has 1 aliphatic carbocycles. The first-order chi connectivity index (χ1) is 5.33. The van der Waals surface area contributed by atoms with Crippen LogP contribution in [0.4, 0.5) is 0 Å². The maximum absolute atomic E-state index is 9.10. The van der Waals surface area contributed by atoms with Gasteiger partial charge in [-0.1, -0.05) is 0 Å². The molecule has 0 aromatic rings. The van der Waals surface area contributed by atoms with Gasteiger partial charge in [0.05, 0.1) is 19.3 Å². The second-order valence-corrected chi connectivity index (χ2v) is 3.83. The van der Waals surface area contributed by atoms with E-state index in [1.165, 1.54) is 6.42 Å². The van der Waals surface area contributed by atoms with Crippen molar-refractivity contribution in [3.63, 3.8) is 0 Å². The molecule has 11 heavy (non-hydrogen) atoms. The van der Waals surface area contributed by atoms with Gasteiger partial charge in [0.15, 0.2) is 0 Å². The van der Waals surface area contributed by atoms with Crippen molar-refractivity contribution in [2.75, 3.05) is 13.2 Å². The van der Waals surface area contributed by atoms with Gasteiger partial charge in [-0.3, -0.25) is 0 Å². The van der Waals surface area contributed by atoms with Crippen molar-refractivity contribution in [3.8, 4) is 0 Å². The Morgan fingerprint density at radius 1 is 1.55 bits per heavy atom. The zero-order valence-corrected chi connectivity index (χ0v) is 6.38. The number of ether oxygens (including phenoxy) is 2. The number of aliphatic hydroxyl groups is 1. The van der Waals surface area contributed by atoms with E-state index >= 15 is 0 Å². The summed E-state index contributed by atoms with van der Waals surface area (Å²) < 4.78 is 10.9. The van der Waals surface area contributed by atoms with Crippen LogP contribution in [0.2, 0.25) is 0 Å². The third-order valence-electron chi connectivity index (χ3n) is 3.35. The zero-order valence-electron chi connectivity index (χ0n) is 6.38. The lowest BCUT2D eigenvalue weighted by molar-refractivity contribution is 0.0837. The highest BCUT2D eigenvalue weighted by molar-refractivity contribution is 5.24. The molecule has 0 aromatic heterocycles. The zero-order chi connectivity index (χ0) is 7.53. The van der Waals surface area contributed by atoms with Crippen LogP contribution in [0.5, 0.6) is 0 Å². The molecule has 3 unspecified atom stereocenters. The van der Waals surface area contributed by atoms with E-state index in [0.717, 1.165) is 12.8 Å². The first-order valence-corrected chi connectivity index (χ1v) is 4.26. The van der Waals surface area contributed by atoms with E-state index in [1.807, 2.05) is 0 Å². The minimum Gasteiger partial charge on any atom is -0.393 e. The van der Waals surface area contributed by atoms with Gasteiger partial charge in [-0.05, 0) is 19.3 Å². The molecule has 0 bridgehead atoms. The van der Waals surface area contributed by atoms with E-state index < -0.39 is 0 Å². The van der Waals surface area contributed by atoms with Crippen LogP contribution in [0.3, 0.4) is 0 Å². The monoisotopic (exact) mass is 156 g/mol. The molecule has 0 spiro atoms. The third kappa shape index (κ3) is 0.567. The molecule has 62 valence electrons. The Labute approximate surface area is 65.3 Å². The van der Waals surface area contributed by atoms with Crippen molar-refractivity contribution in [1.82, 2.24) is 0 Å². The molecule has 3 atom stereocenters. The Kier molecular flexibility index (Phi) is 0.947. The maximum atomic E-state index is 9.10. The Bertz CT molecular complexity index is 200. The Balaban J connectivity index is 1.88. The molecule has 0 aromatic carbocycles. The average Bonchev–Trinajstić information content (AvgIpc) is 2.92. The quantitative estimate of drug-likeness (QED) is 0.575. The fourth-order valence-electron chi connectivity index (χ4n) is 2.47. The Morgan fingerprint density at radius 3 is 2.73 bits per heavy atom. The van der Waals surface area contributed by atoms with Crippen LogP contribution in [0.15, 0.2) is 0 Å². The highest BCUT2D eigenvalue weighted by atomic mass is 16.7. The van der Waals surface area contributed by atoms with Gasteiger partial charge in [-0.2, -0.15) is 0 Å². The average molecular weight is 156 g/mol. The summed E-state index contributed by atoms with van der Waals surface area (Å²) in [5.74, 6) is 0. The fraction of sp³-hybridized carbons (Fsp3) is 1.00. The molecule has 3 nitrogen and oxygen atoms in total. The van der Waals surface area contributed by atoms with Gasteiger partial charge in [0.1, 0.15) is 11.2 Å². The summed E-state index contributed by atoms with van der Waals surface area (Å²) in [7, 11) is 0. The van der Waals surface area contributed by atoms with Crippen molar-refractivity contribution in [2.24, 2.45) is 0 Å². The number of rotatable bonds is 2. The van der Waals surface area contributed by atoms with E-state index in [1.54, 1.807) is 0 Å². The molecular weight excluding hydrogens is 144 g/mol. The van der Waals surface area contributed by atoms with Gasteiger partial charge in [0.25, 0.3) is 0 Å². The van der Waals surface area contributed by atoms with E-state index in [0.29, 0.717) is 12.7 Å².